The molecule has 2 N–H and O–H groups in total. The molecule has 1 unspecified atom stereocenters. The normalized spacial score (nSPS) is 13.2. The molecule has 8 heteroatoms. The highest BCUT2D eigenvalue weighted by atomic mass is 32.2. The summed E-state index contributed by atoms with van der Waals surface area (Å²) in [6, 6.07) is 0. The first-order valence-corrected chi connectivity index (χ1v) is 6.41. The highest BCUT2D eigenvalue weighted by molar-refractivity contribution is 7.99. The largest absolute Gasteiger partial charge is 0.394 e. The van der Waals surface area contributed by atoms with Gasteiger partial charge in [-0.3, -0.25) is 0 Å². The Labute approximate surface area is 104 Å². The Bertz CT molecular complexity index is 321. The van der Waals surface area contributed by atoms with Crippen LogP contribution in [0.25, 0.3) is 0 Å². The van der Waals surface area contributed by atoms with Crippen LogP contribution in [-0.4, -0.2) is 61.6 Å². The molecule has 0 spiro atoms. The summed E-state index contributed by atoms with van der Waals surface area (Å²) in [5.41, 5.74) is 0. The fourth-order valence-corrected chi connectivity index (χ4v) is 1.87. The standard InChI is InChI=1S/C9H18N4O3S/c1-7(2)16-5-8(15)6-17-9-10-11-12-13(9)3-4-14/h7-8,14-15H,3-6H2,1-2H3. The Morgan fingerprint density at radius 2 is 2.24 bits per heavy atom. The van der Waals surface area contributed by atoms with Crippen molar-refractivity contribution in [3.63, 3.8) is 0 Å². The number of aliphatic hydroxyl groups excluding tert-OH is 2. The van der Waals surface area contributed by atoms with Crippen molar-refractivity contribution in [3.05, 3.63) is 0 Å². The molecule has 1 heterocycles. The molecule has 98 valence electrons. The maximum absolute atomic E-state index is 9.64. The summed E-state index contributed by atoms with van der Waals surface area (Å²) in [7, 11) is 0. The molecule has 0 saturated heterocycles. The van der Waals surface area contributed by atoms with Crippen molar-refractivity contribution in [2.75, 3.05) is 19.0 Å². The number of thioether (sulfide) groups is 1. The average molecular weight is 262 g/mol. The lowest BCUT2D eigenvalue weighted by Crippen LogP contribution is -2.21. The van der Waals surface area contributed by atoms with Crippen LogP contribution in [0.4, 0.5) is 0 Å². The zero-order valence-electron chi connectivity index (χ0n) is 9.98. The fraction of sp³-hybridized carbons (Fsp3) is 0.889. The maximum atomic E-state index is 9.64. The number of rotatable bonds is 8. The second-order valence-corrected chi connectivity index (χ2v) is 4.74. The summed E-state index contributed by atoms with van der Waals surface area (Å²) in [4.78, 5) is 0. The molecule has 0 fully saturated rings. The molecule has 0 aliphatic carbocycles. The van der Waals surface area contributed by atoms with Gasteiger partial charge in [-0.15, -0.1) is 5.10 Å². The zero-order valence-corrected chi connectivity index (χ0v) is 10.8. The van der Waals surface area contributed by atoms with Gasteiger partial charge in [0.2, 0.25) is 5.16 Å². The van der Waals surface area contributed by atoms with Crippen LogP contribution < -0.4 is 0 Å². The second-order valence-electron chi connectivity index (χ2n) is 3.76. The van der Waals surface area contributed by atoms with Crippen LogP contribution in [0.5, 0.6) is 0 Å². The lowest BCUT2D eigenvalue weighted by atomic mass is 10.4. The van der Waals surface area contributed by atoms with Gasteiger partial charge in [0.1, 0.15) is 0 Å². The maximum Gasteiger partial charge on any atom is 0.209 e. The van der Waals surface area contributed by atoms with E-state index < -0.39 is 6.10 Å². The minimum Gasteiger partial charge on any atom is -0.394 e. The van der Waals surface area contributed by atoms with E-state index in [0.29, 0.717) is 24.1 Å². The van der Waals surface area contributed by atoms with Crippen LogP contribution in [-0.2, 0) is 11.3 Å². The second kappa shape index (κ2) is 7.59. The van der Waals surface area contributed by atoms with Gasteiger partial charge < -0.3 is 14.9 Å². The fourth-order valence-electron chi connectivity index (χ4n) is 1.06. The van der Waals surface area contributed by atoms with Gasteiger partial charge in [-0.2, -0.15) is 0 Å². The van der Waals surface area contributed by atoms with E-state index >= 15 is 0 Å². The van der Waals surface area contributed by atoms with Crippen molar-refractivity contribution in [2.24, 2.45) is 0 Å². The van der Waals surface area contributed by atoms with Crippen molar-refractivity contribution in [2.45, 2.75) is 37.8 Å². The lowest BCUT2D eigenvalue weighted by Gasteiger charge is -2.12. The van der Waals surface area contributed by atoms with Crippen molar-refractivity contribution >= 4 is 11.8 Å². The molecule has 1 atom stereocenters. The summed E-state index contributed by atoms with van der Waals surface area (Å²) in [6.45, 7) is 4.47. The molecule has 0 aliphatic heterocycles. The van der Waals surface area contributed by atoms with E-state index in [-0.39, 0.29) is 12.7 Å². The average Bonchev–Trinajstić information content (AvgIpc) is 2.71. The molecule has 0 bridgehead atoms. The summed E-state index contributed by atoms with van der Waals surface area (Å²) in [6.07, 6.45) is -0.448. The molecule has 0 saturated carbocycles. The predicted molar refractivity (Wildman–Crippen MR) is 62.7 cm³/mol. The first-order chi connectivity index (χ1) is 8.13. The minimum atomic E-state index is -0.554. The van der Waals surface area contributed by atoms with Crippen molar-refractivity contribution in [3.8, 4) is 0 Å². The Balaban J connectivity index is 2.31. The number of ether oxygens (including phenoxy) is 1. The number of aliphatic hydroxyl groups is 2. The van der Waals surface area contributed by atoms with Crippen molar-refractivity contribution < 1.29 is 14.9 Å². The highest BCUT2D eigenvalue weighted by Gasteiger charge is 2.11. The summed E-state index contributed by atoms with van der Waals surface area (Å²) < 4.78 is 6.79. The predicted octanol–water partition coefficient (Wildman–Crippen LogP) is -0.457. The number of hydrogen-bond acceptors (Lipinski definition) is 7. The van der Waals surface area contributed by atoms with Crippen LogP contribution in [0.1, 0.15) is 13.8 Å². The molecular formula is C9H18N4O3S. The molecule has 1 aromatic rings. The number of hydrogen-bond donors (Lipinski definition) is 2. The summed E-state index contributed by atoms with van der Waals surface area (Å²) in [5, 5.41) is 30.1. The summed E-state index contributed by atoms with van der Waals surface area (Å²) in [5.74, 6) is 0.457. The van der Waals surface area contributed by atoms with Gasteiger partial charge in [0, 0.05) is 5.75 Å². The third-order valence-electron chi connectivity index (χ3n) is 1.84. The van der Waals surface area contributed by atoms with Gasteiger partial charge in [-0.25, -0.2) is 4.68 Å². The van der Waals surface area contributed by atoms with Gasteiger partial charge in [-0.05, 0) is 24.3 Å². The minimum absolute atomic E-state index is 0.0163. The molecule has 7 nitrogen and oxygen atoms in total. The monoisotopic (exact) mass is 262 g/mol. The molecular weight excluding hydrogens is 244 g/mol. The van der Waals surface area contributed by atoms with Gasteiger partial charge in [0.15, 0.2) is 0 Å². The molecule has 0 radical (unpaired) electrons. The van der Waals surface area contributed by atoms with E-state index in [9.17, 15) is 5.11 Å². The number of tetrazole rings is 1. The van der Waals surface area contributed by atoms with Gasteiger partial charge in [-0.1, -0.05) is 11.8 Å². The number of aromatic nitrogens is 4. The Hall–Kier alpha value is -0.700. The first kappa shape index (κ1) is 14.4. The quantitative estimate of drug-likeness (QED) is 0.612. The van der Waals surface area contributed by atoms with Crippen LogP contribution in [0.15, 0.2) is 5.16 Å². The van der Waals surface area contributed by atoms with Crippen LogP contribution >= 0.6 is 11.8 Å². The highest BCUT2D eigenvalue weighted by Crippen LogP contribution is 2.14. The molecule has 0 amide bonds. The molecule has 17 heavy (non-hydrogen) atoms. The van der Waals surface area contributed by atoms with E-state index in [1.807, 2.05) is 13.8 Å². The molecule has 1 aromatic heterocycles. The Morgan fingerprint density at radius 1 is 1.47 bits per heavy atom. The van der Waals surface area contributed by atoms with E-state index in [1.165, 1.54) is 16.4 Å². The smallest absolute Gasteiger partial charge is 0.209 e. The summed E-state index contributed by atoms with van der Waals surface area (Å²) >= 11 is 1.34. The zero-order chi connectivity index (χ0) is 12.7. The van der Waals surface area contributed by atoms with Crippen LogP contribution in [0, 0.1) is 0 Å². The number of nitrogens with zero attached hydrogens (tertiary/aromatic N) is 4. The van der Waals surface area contributed by atoms with Crippen molar-refractivity contribution in [1.82, 2.24) is 20.2 Å². The molecule has 0 aliphatic rings. The van der Waals surface area contributed by atoms with E-state index in [4.69, 9.17) is 9.84 Å². The van der Waals surface area contributed by atoms with Crippen LogP contribution in [0.3, 0.4) is 0 Å². The third-order valence-corrected chi connectivity index (χ3v) is 2.94. The Morgan fingerprint density at radius 3 is 2.88 bits per heavy atom. The van der Waals surface area contributed by atoms with E-state index in [1.54, 1.807) is 0 Å². The Kier molecular flexibility index (Phi) is 6.41. The van der Waals surface area contributed by atoms with E-state index in [2.05, 4.69) is 15.5 Å². The first-order valence-electron chi connectivity index (χ1n) is 5.43. The lowest BCUT2D eigenvalue weighted by molar-refractivity contribution is 0.0152. The van der Waals surface area contributed by atoms with Crippen LogP contribution in [0.2, 0.25) is 0 Å². The van der Waals surface area contributed by atoms with Gasteiger partial charge in [0.25, 0.3) is 0 Å². The van der Waals surface area contributed by atoms with Gasteiger partial charge in [0.05, 0.1) is 32.0 Å². The SMILES string of the molecule is CC(C)OCC(O)CSc1nnnn1CCO. The molecule has 0 aromatic carbocycles. The topological polar surface area (TPSA) is 93.3 Å². The van der Waals surface area contributed by atoms with Gasteiger partial charge >= 0.3 is 0 Å². The van der Waals surface area contributed by atoms with Crippen molar-refractivity contribution in [1.29, 1.82) is 0 Å². The molecule has 1 rings (SSSR count). The third kappa shape index (κ3) is 5.44. The van der Waals surface area contributed by atoms with E-state index in [0.717, 1.165) is 0 Å².